The molecule has 0 unspecified atom stereocenters. The number of amides is 1. The summed E-state index contributed by atoms with van der Waals surface area (Å²) >= 11 is 1.21. The average molecular weight is 520 g/mol. The average Bonchev–Trinajstić information content (AvgIpc) is 3.24. The standard InChI is InChI=1S/C26H21N3O5S2/c1-4-16-29-22-15-12-19(25(31)34-3)17-23(22)35-26(29)27-24(30)18-10-13-21(14-11-18)36(32,33)28(2)20-8-6-5-7-9-20/h1,5-15,17H,16H2,2-3H3. The highest BCUT2D eigenvalue weighted by atomic mass is 32.2. The second-order valence-electron chi connectivity index (χ2n) is 7.60. The van der Waals surface area contributed by atoms with E-state index in [1.54, 1.807) is 53.1 Å². The van der Waals surface area contributed by atoms with Crippen molar-refractivity contribution in [2.75, 3.05) is 18.5 Å². The van der Waals surface area contributed by atoms with Gasteiger partial charge in [0, 0.05) is 12.6 Å². The van der Waals surface area contributed by atoms with Crippen LogP contribution in [0.1, 0.15) is 20.7 Å². The predicted molar refractivity (Wildman–Crippen MR) is 138 cm³/mol. The van der Waals surface area contributed by atoms with Crippen LogP contribution >= 0.6 is 11.3 Å². The molecule has 3 aromatic carbocycles. The molecule has 0 fully saturated rings. The molecule has 4 rings (SSSR count). The smallest absolute Gasteiger partial charge is 0.337 e. The number of aromatic nitrogens is 1. The first-order chi connectivity index (χ1) is 17.3. The molecule has 0 saturated heterocycles. The fourth-order valence-electron chi connectivity index (χ4n) is 3.50. The molecule has 1 amide bonds. The van der Waals surface area contributed by atoms with Crippen LogP contribution in [0.5, 0.6) is 0 Å². The number of thiazole rings is 1. The lowest BCUT2D eigenvalue weighted by atomic mass is 10.2. The summed E-state index contributed by atoms with van der Waals surface area (Å²) in [5, 5.41) is 0. The number of hydrogen-bond donors (Lipinski definition) is 0. The normalized spacial score (nSPS) is 11.8. The zero-order chi connectivity index (χ0) is 25.9. The Labute approximate surface area is 212 Å². The minimum absolute atomic E-state index is 0.0463. The summed E-state index contributed by atoms with van der Waals surface area (Å²) in [6.07, 6.45) is 5.52. The second kappa shape index (κ2) is 10.2. The van der Waals surface area contributed by atoms with Gasteiger partial charge < -0.3 is 9.30 Å². The molecule has 10 heteroatoms. The second-order valence-corrected chi connectivity index (χ2v) is 10.6. The predicted octanol–water partition coefficient (Wildman–Crippen LogP) is 3.69. The Morgan fingerprint density at radius 1 is 1.06 bits per heavy atom. The maximum absolute atomic E-state index is 13.0. The van der Waals surface area contributed by atoms with Crippen molar-refractivity contribution in [1.29, 1.82) is 0 Å². The maximum atomic E-state index is 13.0. The van der Waals surface area contributed by atoms with Crippen LogP contribution in [0.2, 0.25) is 0 Å². The zero-order valence-corrected chi connectivity index (χ0v) is 21.0. The third-order valence-corrected chi connectivity index (χ3v) is 8.27. The molecule has 0 aliphatic heterocycles. The largest absolute Gasteiger partial charge is 0.465 e. The quantitative estimate of drug-likeness (QED) is 0.286. The van der Waals surface area contributed by atoms with E-state index in [4.69, 9.17) is 11.2 Å². The van der Waals surface area contributed by atoms with Crippen molar-refractivity contribution in [3.05, 3.63) is 88.7 Å². The summed E-state index contributed by atoms with van der Waals surface area (Å²) in [6, 6.07) is 19.3. The number of sulfonamides is 1. The van der Waals surface area contributed by atoms with Crippen molar-refractivity contribution < 1.29 is 22.7 Å². The van der Waals surface area contributed by atoms with Crippen LogP contribution in [0, 0.1) is 12.3 Å². The molecule has 0 aliphatic rings. The summed E-state index contributed by atoms with van der Waals surface area (Å²) < 4.78 is 34.3. The fourth-order valence-corrected chi connectivity index (χ4v) is 5.77. The number of anilines is 1. The van der Waals surface area contributed by atoms with Gasteiger partial charge in [0.1, 0.15) is 0 Å². The van der Waals surface area contributed by atoms with Crippen LogP contribution in [-0.2, 0) is 21.3 Å². The fraction of sp³-hybridized carbons (Fsp3) is 0.115. The van der Waals surface area contributed by atoms with Gasteiger partial charge in [-0.2, -0.15) is 4.99 Å². The third-order valence-electron chi connectivity index (χ3n) is 5.43. The Kier molecular flexibility index (Phi) is 7.05. The van der Waals surface area contributed by atoms with E-state index in [2.05, 4.69) is 10.9 Å². The van der Waals surface area contributed by atoms with E-state index < -0.39 is 21.9 Å². The number of rotatable bonds is 6. The van der Waals surface area contributed by atoms with E-state index in [-0.39, 0.29) is 17.0 Å². The van der Waals surface area contributed by atoms with E-state index in [1.807, 2.05) is 0 Å². The highest BCUT2D eigenvalue weighted by molar-refractivity contribution is 7.92. The highest BCUT2D eigenvalue weighted by Gasteiger charge is 2.21. The molecular weight excluding hydrogens is 498 g/mol. The molecule has 1 heterocycles. The van der Waals surface area contributed by atoms with Gasteiger partial charge in [-0.05, 0) is 54.6 Å². The van der Waals surface area contributed by atoms with Crippen LogP contribution < -0.4 is 9.11 Å². The van der Waals surface area contributed by atoms with Crippen molar-refractivity contribution in [2.24, 2.45) is 4.99 Å². The topological polar surface area (TPSA) is 98.0 Å². The first-order valence-electron chi connectivity index (χ1n) is 10.6. The summed E-state index contributed by atoms with van der Waals surface area (Å²) in [7, 11) is -1.04. The van der Waals surface area contributed by atoms with Crippen molar-refractivity contribution in [3.8, 4) is 12.3 Å². The number of hydrogen-bond acceptors (Lipinski definition) is 6. The Hall–Kier alpha value is -4.20. The number of benzene rings is 3. The Balaban J connectivity index is 1.67. The summed E-state index contributed by atoms with van der Waals surface area (Å²) in [5.74, 6) is 1.52. The third kappa shape index (κ3) is 4.79. The number of para-hydroxylation sites is 1. The summed E-state index contributed by atoms with van der Waals surface area (Å²) in [5.41, 5.74) is 1.83. The number of carbonyl (C=O) groups is 2. The van der Waals surface area contributed by atoms with Crippen LogP contribution in [0.4, 0.5) is 5.69 Å². The highest BCUT2D eigenvalue weighted by Crippen LogP contribution is 2.23. The lowest BCUT2D eigenvalue weighted by Gasteiger charge is -2.19. The van der Waals surface area contributed by atoms with Gasteiger partial charge in [0.15, 0.2) is 4.80 Å². The summed E-state index contributed by atoms with van der Waals surface area (Å²) in [6.45, 7) is 0.173. The molecule has 1 aromatic heterocycles. The number of carbonyl (C=O) groups excluding carboxylic acids is 2. The van der Waals surface area contributed by atoms with E-state index in [0.717, 1.165) is 5.52 Å². The van der Waals surface area contributed by atoms with Crippen LogP contribution in [0.3, 0.4) is 0 Å². The molecule has 36 heavy (non-hydrogen) atoms. The minimum atomic E-state index is -3.81. The molecule has 4 aromatic rings. The number of fused-ring (bicyclic) bond motifs is 1. The van der Waals surface area contributed by atoms with Crippen molar-refractivity contribution in [3.63, 3.8) is 0 Å². The SMILES string of the molecule is C#CCn1c(=NC(=O)c2ccc(S(=O)(=O)N(C)c3ccccc3)cc2)sc2cc(C(=O)OC)ccc21. The molecular formula is C26H21N3O5S2. The molecule has 0 radical (unpaired) electrons. The van der Waals surface area contributed by atoms with Gasteiger partial charge in [-0.25, -0.2) is 13.2 Å². The van der Waals surface area contributed by atoms with Crippen LogP contribution in [-0.4, -0.2) is 39.0 Å². The Morgan fingerprint density at radius 2 is 1.72 bits per heavy atom. The van der Waals surface area contributed by atoms with Crippen molar-refractivity contribution in [2.45, 2.75) is 11.4 Å². The molecule has 0 aliphatic carbocycles. The van der Waals surface area contributed by atoms with E-state index in [0.29, 0.717) is 20.8 Å². The lowest BCUT2D eigenvalue weighted by molar-refractivity contribution is 0.0600. The first kappa shape index (κ1) is 24.9. The van der Waals surface area contributed by atoms with Gasteiger partial charge in [-0.3, -0.25) is 9.10 Å². The molecule has 0 bridgehead atoms. The molecule has 0 spiro atoms. The molecule has 0 N–H and O–H groups in total. The number of ether oxygens (including phenoxy) is 1. The molecule has 182 valence electrons. The van der Waals surface area contributed by atoms with E-state index in [1.165, 1.54) is 54.1 Å². The molecule has 0 saturated carbocycles. The lowest BCUT2D eigenvalue weighted by Crippen LogP contribution is -2.26. The van der Waals surface area contributed by atoms with Gasteiger partial charge in [0.25, 0.3) is 15.9 Å². The van der Waals surface area contributed by atoms with Crippen LogP contribution in [0.15, 0.2) is 82.7 Å². The number of esters is 1. The van der Waals surface area contributed by atoms with Gasteiger partial charge in [0.05, 0.1) is 40.0 Å². The molecule has 8 nitrogen and oxygen atoms in total. The van der Waals surface area contributed by atoms with Gasteiger partial charge >= 0.3 is 5.97 Å². The zero-order valence-electron chi connectivity index (χ0n) is 19.4. The van der Waals surface area contributed by atoms with Crippen LogP contribution in [0.25, 0.3) is 10.2 Å². The minimum Gasteiger partial charge on any atom is -0.465 e. The number of terminal acetylenes is 1. The Bertz CT molecular complexity index is 1660. The first-order valence-corrected chi connectivity index (χ1v) is 12.9. The molecule has 0 atom stereocenters. The summed E-state index contributed by atoms with van der Waals surface area (Å²) in [4.78, 5) is 29.4. The Morgan fingerprint density at radius 3 is 2.36 bits per heavy atom. The van der Waals surface area contributed by atoms with Gasteiger partial charge in [-0.1, -0.05) is 35.5 Å². The maximum Gasteiger partial charge on any atom is 0.337 e. The van der Waals surface area contributed by atoms with Crippen molar-refractivity contribution in [1.82, 2.24) is 4.57 Å². The van der Waals surface area contributed by atoms with Gasteiger partial charge in [0.2, 0.25) is 0 Å². The van der Waals surface area contributed by atoms with E-state index in [9.17, 15) is 18.0 Å². The number of nitrogens with zero attached hydrogens (tertiary/aromatic N) is 3. The van der Waals surface area contributed by atoms with Crippen molar-refractivity contribution >= 4 is 49.1 Å². The van der Waals surface area contributed by atoms with Gasteiger partial charge in [-0.15, -0.1) is 6.42 Å². The monoisotopic (exact) mass is 519 g/mol. The number of methoxy groups -OCH3 is 1. The van der Waals surface area contributed by atoms with E-state index >= 15 is 0 Å².